The van der Waals surface area contributed by atoms with Gasteiger partial charge in [0.15, 0.2) is 0 Å². The van der Waals surface area contributed by atoms with Gasteiger partial charge in [0.2, 0.25) is 5.91 Å². The fraction of sp³-hybridized carbons (Fsp3) is 0.357. The summed E-state index contributed by atoms with van der Waals surface area (Å²) < 4.78 is 0. The lowest BCUT2D eigenvalue weighted by molar-refractivity contribution is -0.117. The van der Waals surface area contributed by atoms with Crippen LogP contribution >= 0.6 is 0 Å². The summed E-state index contributed by atoms with van der Waals surface area (Å²) in [6, 6.07) is 3.56. The fourth-order valence-corrected chi connectivity index (χ4v) is 2.16. The van der Waals surface area contributed by atoms with E-state index in [-0.39, 0.29) is 17.9 Å². The zero-order valence-corrected chi connectivity index (χ0v) is 10.7. The van der Waals surface area contributed by atoms with Gasteiger partial charge < -0.3 is 10.2 Å². The first-order chi connectivity index (χ1) is 9.20. The van der Waals surface area contributed by atoms with Crippen LogP contribution in [0, 0.1) is 0 Å². The van der Waals surface area contributed by atoms with Crippen molar-refractivity contribution in [1.29, 1.82) is 0 Å². The lowest BCUT2D eigenvalue weighted by Gasteiger charge is -2.32. The van der Waals surface area contributed by atoms with Gasteiger partial charge in [-0.1, -0.05) is 6.58 Å². The third kappa shape index (κ3) is 3.40. The van der Waals surface area contributed by atoms with E-state index in [9.17, 15) is 9.59 Å². The van der Waals surface area contributed by atoms with E-state index >= 15 is 0 Å². The summed E-state index contributed by atoms with van der Waals surface area (Å²) in [6.45, 7) is 4.74. The molecule has 2 amide bonds. The molecule has 2 heterocycles. The highest BCUT2D eigenvalue weighted by molar-refractivity contribution is 5.94. The zero-order valence-electron chi connectivity index (χ0n) is 10.7. The SMILES string of the molecule is C=CC(=O)NC1CCN(C(=O)c2ccncc2)CC1. The van der Waals surface area contributed by atoms with Gasteiger partial charge in [-0.15, -0.1) is 0 Å². The van der Waals surface area contributed by atoms with Crippen molar-refractivity contribution in [3.05, 3.63) is 42.7 Å². The Kier molecular flexibility index (Phi) is 4.28. The second kappa shape index (κ2) is 6.13. The smallest absolute Gasteiger partial charge is 0.253 e. The second-order valence-electron chi connectivity index (χ2n) is 4.52. The minimum atomic E-state index is -0.154. The van der Waals surface area contributed by atoms with Crippen LogP contribution in [0.15, 0.2) is 37.2 Å². The van der Waals surface area contributed by atoms with Crippen LogP contribution < -0.4 is 5.32 Å². The van der Waals surface area contributed by atoms with Crippen molar-refractivity contribution < 1.29 is 9.59 Å². The predicted molar refractivity (Wildman–Crippen MR) is 71.5 cm³/mol. The molecule has 100 valence electrons. The molecule has 1 aromatic rings. The zero-order chi connectivity index (χ0) is 13.7. The van der Waals surface area contributed by atoms with E-state index in [0.29, 0.717) is 18.7 Å². The molecule has 2 rings (SSSR count). The lowest BCUT2D eigenvalue weighted by atomic mass is 10.0. The van der Waals surface area contributed by atoms with Crippen LogP contribution in [0.2, 0.25) is 0 Å². The number of nitrogens with one attached hydrogen (secondary N) is 1. The summed E-state index contributed by atoms with van der Waals surface area (Å²) in [5, 5.41) is 2.86. The molecule has 1 aromatic heterocycles. The summed E-state index contributed by atoms with van der Waals surface area (Å²) >= 11 is 0. The number of amides is 2. The molecule has 1 aliphatic heterocycles. The van der Waals surface area contributed by atoms with Crippen molar-refractivity contribution in [3.8, 4) is 0 Å². The van der Waals surface area contributed by atoms with Gasteiger partial charge in [-0.2, -0.15) is 0 Å². The minimum absolute atomic E-state index is 0.0240. The molecule has 1 aliphatic rings. The topological polar surface area (TPSA) is 62.3 Å². The van der Waals surface area contributed by atoms with Crippen LogP contribution in [-0.4, -0.2) is 40.8 Å². The summed E-state index contributed by atoms with van der Waals surface area (Å²) in [4.78, 5) is 29.1. The highest BCUT2D eigenvalue weighted by atomic mass is 16.2. The van der Waals surface area contributed by atoms with E-state index in [1.807, 2.05) is 4.90 Å². The van der Waals surface area contributed by atoms with Crippen LogP contribution in [0.3, 0.4) is 0 Å². The Labute approximate surface area is 112 Å². The number of nitrogens with zero attached hydrogens (tertiary/aromatic N) is 2. The first-order valence-corrected chi connectivity index (χ1v) is 6.33. The first kappa shape index (κ1) is 13.3. The first-order valence-electron chi connectivity index (χ1n) is 6.33. The number of aromatic nitrogens is 1. The number of pyridine rings is 1. The molecular weight excluding hydrogens is 242 g/mol. The number of carbonyl (C=O) groups excluding carboxylic acids is 2. The fourth-order valence-electron chi connectivity index (χ4n) is 2.16. The Morgan fingerprint density at radius 3 is 2.53 bits per heavy atom. The standard InChI is InChI=1S/C14H17N3O2/c1-2-13(18)16-12-5-9-17(10-6-12)14(19)11-3-7-15-8-4-11/h2-4,7-8,12H,1,5-6,9-10H2,(H,16,18). The Bertz CT molecular complexity index is 465. The molecule has 0 saturated carbocycles. The molecule has 0 aromatic carbocycles. The van der Waals surface area contributed by atoms with Crippen molar-refractivity contribution in [2.75, 3.05) is 13.1 Å². The number of rotatable bonds is 3. The van der Waals surface area contributed by atoms with Gasteiger partial charge in [0, 0.05) is 37.1 Å². The van der Waals surface area contributed by atoms with Crippen LogP contribution in [0.4, 0.5) is 0 Å². The molecule has 19 heavy (non-hydrogen) atoms. The molecule has 0 atom stereocenters. The number of hydrogen-bond donors (Lipinski definition) is 1. The quantitative estimate of drug-likeness (QED) is 0.823. The maximum atomic E-state index is 12.2. The van der Waals surface area contributed by atoms with E-state index in [2.05, 4.69) is 16.9 Å². The third-order valence-electron chi connectivity index (χ3n) is 3.24. The largest absolute Gasteiger partial charge is 0.350 e. The lowest BCUT2D eigenvalue weighted by Crippen LogP contribution is -2.46. The normalized spacial score (nSPS) is 15.9. The van der Waals surface area contributed by atoms with Gasteiger partial charge in [-0.3, -0.25) is 14.6 Å². The summed E-state index contributed by atoms with van der Waals surface area (Å²) in [6.07, 6.45) is 6.05. The average Bonchev–Trinajstić information content (AvgIpc) is 2.48. The van der Waals surface area contributed by atoms with Gasteiger partial charge in [0.1, 0.15) is 0 Å². The number of hydrogen-bond acceptors (Lipinski definition) is 3. The van der Waals surface area contributed by atoms with E-state index in [4.69, 9.17) is 0 Å². The Morgan fingerprint density at radius 1 is 1.32 bits per heavy atom. The van der Waals surface area contributed by atoms with Crippen LogP contribution in [0.5, 0.6) is 0 Å². The molecule has 0 spiro atoms. The van der Waals surface area contributed by atoms with Gasteiger partial charge in [-0.25, -0.2) is 0 Å². The van der Waals surface area contributed by atoms with Crippen LogP contribution in [-0.2, 0) is 4.79 Å². The number of piperidine rings is 1. The van der Waals surface area contributed by atoms with Crippen molar-refractivity contribution in [3.63, 3.8) is 0 Å². The molecule has 5 heteroatoms. The molecule has 0 aliphatic carbocycles. The summed E-state index contributed by atoms with van der Waals surface area (Å²) in [7, 11) is 0. The maximum Gasteiger partial charge on any atom is 0.253 e. The van der Waals surface area contributed by atoms with Crippen LogP contribution in [0.25, 0.3) is 0 Å². The molecular formula is C14H17N3O2. The second-order valence-corrected chi connectivity index (χ2v) is 4.52. The van der Waals surface area contributed by atoms with E-state index in [1.54, 1.807) is 24.5 Å². The average molecular weight is 259 g/mol. The van der Waals surface area contributed by atoms with Gasteiger partial charge in [-0.05, 0) is 31.1 Å². The molecule has 1 fully saturated rings. The number of likely N-dealkylation sites (tertiary alicyclic amines) is 1. The summed E-state index contributed by atoms with van der Waals surface area (Å²) in [5.74, 6) is -0.130. The third-order valence-corrected chi connectivity index (χ3v) is 3.24. The minimum Gasteiger partial charge on any atom is -0.350 e. The molecule has 5 nitrogen and oxygen atoms in total. The van der Waals surface area contributed by atoms with Gasteiger partial charge >= 0.3 is 0 Å². The van der Waals surface area contributed by atoms with Crippen molar-refractivity contribution in [1.82, 2.24) is 15.2 Å². The van der Waals surface area contributed by atoms with Gasteiger partial charge in [0.05, 0.1) is 0 Å². The van der Waals surface area contributed by atoms with Crippen molar-refractivity contribution >= 4 is 11.8 Å². The molecule has 0 radical (unpaired) electrons. The number of carbonyl (C=O) groups is 2. The van der Waals surface area contributed by atoms with Gasteiger partial charge in [0.25, 0.3) is 5.91 Å². The Hall–Kier alpha value is -2.17. The predicted octanol–water partition coefficient (Wildman–Crippen LogP) is 0.988. The Balaban J connectivity index is 1.88. The molecule has 0 bridgehead atoms. The monoisotopic (exact) mass is 259 g/mol. The van der Waals surface area contributed by atoms with Crippen LogP contribution in [0.1, 0.15) is 23.2 Å². The highest BCUT2D eigenvalue weighted by Gasteiger charge is 2.23. The highest BCUT2D eigenvalue weighted by Crippen LogP contribution is 2.13. The Morgan fingerprint density at radius 2 is 1.95 bits per heavy atom. The van der Waals surface area contributed by atoms with Crippen molar-refractivity contribution in [2.45, 2.75) is 18.9 Å². The molecule has 1 saturated heterocycles. The molecule has 1 N–H and O–H groups in total. The van der Waals surface area contributed by atoms with E-state index in [0.717, 1.165) is 12.8 Å². The molecule has 0 unspecified atom stereocenters. The summed E-state index contributed by atoms with van der Waals surface area (Å²) in [5.41, 5.74) is 0.656. The maximum absolute atomic E-state index is 12.2. The van der Waals surface area contributed by atoms with E-state index < -0.39 is 0 Å². The van der Waals surface area contributed by atoms with Crippen molar-refractivity contribution in [2.24, 2.45) is 0 Å². The van der Waals surface area contributed by atoms with E-state index in [1.165, 1.54) is 6.08 Å².